The number of nitrogens with zero attached hydrogens (tertiary/aromatic N) is 2. The zero-order valence-electron chi connectivity index (χ0n) is 31.9. The van der Waals surface area contributed by atoms with Crippen LogP contribution in [-0.4, -0.2) is 9.97 Å². The lowest BCUT2D eigenvalue weighted by Gasteiger charge is -2.22. The molecule has 268 valence electrons. The maximum Gasteiger partial charge on any atom is 0.160 e. The van der Waals surface area contributed by atoms with Crippen LogP contribution in [0.25, 0.3) is 99.6 Å². The van der Waals surface area contributed by atoms with Gasteiger partial charge in [-0.2, -0.15) is 0 Å². The molecule has 2 nitrogen and oxygen atoms in total. The lowest BCUT2D eigenvalue weighted by Crippen LogP contribution is -2.14. The molecule has 0 radical (unpaired) electrons. The van der Waals surface area contributed by atoms with Crippen molar-refractivity contribution in [2.75, 3.05) is 0 Å². The number of aromatic nitrogens is 2. The van der Waals surface area contributed by atoms with Crippen LogP contribution in [0.15, 0.2) is 194 Å². The Morgan fingerprint density at radius 1 is 0.351 bits per heavy atom. The van der Waals surface area contributed by atoms with Gasteiger partial charge >= 0.3 is 0 Å². The summed E-state index contributed by atoms with van der Waals surface area (Å²) >= 11 is 0. The summed E-state index contributed by atoms with van der Waals surface area (Å²) in [7, 11) is 0. The molecule has 1 heterocycles. The van der Waals surface area contributed by atoms with Crippen molar-refractivity contribution in [1.29, 1.82) is 0 Å². The summed E-state index contributed by atoms with van der Waals surface area (Å²) in [6.07, 6.45) is 0. The molecule has 0 atom stereocenters. The quantitative estimate of drug-likeness (QED) is 0.130. The van der Waals surface area contributed by atoms with Gasteiger partial charge < -0.3 is 0 Å². The summed E-state index contributed by atoms with van der Waals surface area (Å²) in [6, 6.07) is 70.2. The molecule has 10 aromatic rings. The first-order valence-corrected chi connectivity index (χ1v) is 19.7. The highest BCUT2D eigenvalue weighted by molar-refractivity contribution is 6.22. The van der Waals surface area contributed by atoms with Crippen LogP contribution in [0.1, 0.15) is 25.0 Å². The third-order valence-electron chi connectivity index (χ3n) is 12.1. The van der Waals surface area contributed by atoms with E-state index >= 15 is 0 Å². The van der Waals surface area contributed by atoms with Crippen LogP contribution in [0.3, 0.4) is 0 Å². The monoisotopic (exact) mass is 726 g/mol. The van der Waals surface area contributed by atoms with Gasteiger partial charge in [-0.25, -0.2) is 9.97 Å². The molecular weight excluding hydrogens is 689 g/mol. The molecule has 0 unspecified atom stereocenters. The van der Waals surface area contributed by atoms with E-state index < -0.39 is 0 Å². The van der Waals surface area contributed by atoms with Crippen molar-refractivity contribution in [3.63, 3.8) is 0 Å². The van der Waals surface area contributed by atoms with Gasteiger partial charge in [0, 0.05) is 22.1 Å². The van der Waals surface area contributed by atoms with E-state index in [1.54, 1.807) is 0 Å². The first-order chi connectivity index (χ1) is 28.0. The lowest BCUT2D eigenvalue weighted by molar-refractivity contribution is 0.660. The smallest absolute Gasteiger partial charge is 0.160 e. The topological polar surface area (TPSA) is 25.8 Å². The molecule has 2 heteroatoms. The molecule has 0 saturated heterocycles. The minimum Gasteiger partial charge on any atom is -0.228 e. The fourth-order valence-electron chi connectivity index (χ4n) is 9.15. The molecule has 0 amide bonds. The van der Waals surface area contributed by atoms with Crippen LogP contribution in [0.5, 0.6) is 0 Å². The van der Waals surface area contributed by atoms with Crippen molar-refractivity contribution in [2.45, 2.75) is 19.3 Å². The molecule has 1 aliphatic rings. The van der Waals surface area contributed by atoms with E-state index in [2.05, 4.69) is 202 Å². The zero-order valence-corrected chi connectivity index (χ0v) is 31.9. The van der Waals surface area contributed by atoms with Crippen LogP contribution in [0, 0.1) is 0 Å². The summed E-state index contributed by atoms with van der Waals surface area (Å²) in [6.45, 7) is 4.67. The molecule has 1 aliphatic carbocycles. The Morgan fingerprint density at radius 3 is 1.79 bits per heavy atom. The fourth-order valence-corrected chi connectivity index (χ4v) is 9.15. The molecule has 0 spiro atoms. The molecule has 0 N–H and O–H groups in total. The molecule has 57 heavy (non-hydrogen) atoms. The van der Waals surface area contributed by atoms with Gasteiger partial charge in [-0.05, 0) is 101 Å². The second-order valence-electron chi connectivity index (χ2n) is 15.8. The van der Waals surface area contributed by atoms with Crippen molar-refractivity contribution >= 4 is 32.3 Å². The van der Waals surface area contributed by atoms with E-state index in [-0.39, 0.29) is 5.41 Å². The summed E-state index contributed by atoms with van der Waals surface area (Å²) in [5.74, 6) is 0.702. The number of rotatable bonds is 5. The van der Waals surface area contributed by atoms with Crippen LogP contribution >= 0.6 is 0 Å². The predicted octanol–water partition coefficient (Wildman–Crippen LogP) is 14.6. The van der Waals surface area contributed by atoms with Gasteiger partial charge in [0.2, 0.25) is 0 Å². The van der Waals surface area contributed by atoms with E-state index in [0.29, 0.717) is 5.82 Å². The van der Waals surface area contributed by atoms with Gasteiger partial charge in [0.05, 0.1) is 11.4 Å². The van der Waals surface area contributed by atoms with E-state index in [0.717, 1.165) is 28.1 Å². The highest BCUT2D eigenvalue weighted by Crippen LogP contribution is 2.49. The van der Waals surface area contributed by atoms with Gasteiger partial charge in [0.15, 0.2) is 5.82 Å². The van der Waals surface area contributed by atoms with E-state index in [1.807, 2.05) is 6.07 Å². The number of hydrogen-bond donors (Lipinski definition) is 0. The SMILES string of the molecule is CC1(C)c2ccccc2-c2ccc(-c3cccc(-c4cc(-c5ccccc5)nc(-c5ccc(-c6c7ccccc7cc7ccc8ccccc8c67)cc5)n4)c3)cc21. The molecule has 9 aromatic carbocycles. The Kier molecular flexibility index (Phi) is 7.55. The zero-order chi connectivity index (χ0) is 38.1. The lowest BCUT2D eigenvalue weighted by atomic mass is 9.81. The summed E-state index contributed by atoms with van der Waals surface area (Å²) in [5, 5.41) is 7.51. The number of fused-ring (bicyclic) bond motifs is 7. The maximum absolute atomic E-state index is 5.27. The second kappa shape index (κ2) is 13.0. The third kappa shape index (κ3) is 5.48. The Morgan fingerprint density at radius 2 is 0.947 bits per heavy atom. The standard InChI is InChI=1S/C55H38N2/c1-55(2)48-22-11-10-21-46(48)47-30-29-40(33-49(47)55)39-17-12-18-42(31-39)51-34-50(36-14-4-3-5-15-36)56-54(57-51)38-26-24-37(25-27-38)52-45-20-9-7-16-41(45)32-43-28-23-35-13-6-8-19-44(35)53(43)52/h3-34H,1-2H3. The Labute approximate surface area is 332 Å². The molecule has 0 bridgehead atoms. The van der Waals surface area contributed by atoms with E-state index in [9.17, 15) is 0 Å². The molecule has 0 saturated carbocycles. The van der Waals surface area contributed by atoms with E-state index in [4.69, 9.17) is 9.97 Å². The molecule has 0 aliphatic heterocycles. The molecule has 11 rings (SSSR count). The van der Waals surface area contributed by atoms with Crippen LogP contribution < -0.4 is 0 Å². The van der Waals surface area contributed by atoms with Gasteiger partial charge in [-0.3, -0.25) is 0 Å². The first-order valence-electron chi connectivity index (χ1n) is 19.7. The Bertz CT molecular complexity index is 3190. The van der Waals surface area contributed by atoms with Crippen LogP contribution in [0.2, 0.25) is 0 Å². The van der Waals surface area contributed by atoms with Crippen molar-refractivity contribution < 1.29 is 0 Å². The summed E-state index contributed by atoms with van der Waals surface area (Å²) in [4.78, 5) is 10.5. The van der Waals surface area contributed by atoms with Crippen molar-refractivity contribution in [3.05, 3.63) is 205 Å². The van der Waals surface area contributed by atoms with Crippen molar-refractivity contribution in [1.82, 2.24) is 9.97 Å². The summed E-state index contributed by atoms with van der Waals surface area (Å²) in [5.41, 5.74) is 15.1. The normalized spacial score (nSPS) is 12.9. The highest BCUT2D eigenvalue weighted by Gasteiger charge is 2.35. The van der Waals surface area contributed by atoms with Crippen molar-refractivity contribution in [2.24, 2.45) is 0 Å². The average molecular weight is 727 g/mol. The fraction of sp³-hybridized carbons (Fsp3) is 0.0545. The van der Waals surface area contributed by atoms with Gasteiger partial charge in [0.25, 0.3) is 0 Å². The second-order valence-corrected chi connectivity index (χ2v) is 15.8. The molecule has 1 aromatic heterocycles. The first kappa shape index (κ1) is 33.2. The van der Waals surface area contributed by atoms with Crippen molar-refractivity contribution in [3.8, 4) is 67.3 Å². The highest BCUT2D eigenvalue weighted by atomic mass is 14.9. The number of hydrogen-bond acceptors (Lipinski definition) is 2. The minimum atomic E-state index is -0.0598. The largest absolute Gasteiger partial charge is 0.228 e. The maximum atomic E-state index is 5.27. The van der Waals surface area contributed by atoms with Gasteiger partial charge in [-0.1, -0.05) is 184 Å². The van der Waals surface area contributed by atoms with Crippen LogP contribution in [0.4, 0.5) is 0 Å². The average Bonchev–Trinajstić information content (AvgIpc) is 3.51. The molecule has 0 fully saturated rings. The minimum absolute atomic E-state index is 0.0598. The van der Waals surface area contributed by atoms with Crippen LogP contribution in [-0.2, 0) is 5.41 Å². The summed E-state index contributed by atoms with van der Waals surface area (Å²) < 4.78 is 0. The van der Waals surface area contributed by atoms with E-state index in [1.165, 1.54) is 76.8 Å². The third-order valence-corrected chi connectivity index (χ3v) is 12.1. The number of benzene rings is 9. The Balaban J connectivity index is 1.02. The Hall–Kier alpha value is -7.16. The molecular formula is C55H38N2. The van der Waals surface area contributed by atoms with Gasteiger partial charge in [0.1, 0.15) is 0 Å². The predicted molar refractivity (Wildman–Crippen MR) is 239 cm³/mol. The van der Waals surface area contributed by atoms with Gasteiger partial charge in [-0.15, -0.1) is 0 Å².